The van der Waals surface area contributed by atoms with E-state index in [0.29, 0.717) is 18.8 Å². The van der Waals surface area contributed by atoms with Crippen molar-refractivity contribution in [3.8, 4) is 0 Å². The Morgan fingerprint density at radius 2 is 2.44 bits per heavy atom. The van der Waals surface area contributed by atoms with Gasteiger partial charge in [-0.15, -0.1) is 0 Å². The second kappa shape index (κ2) is 4.13. The fraction of sp³-hybridized carbons (Fsp3) is 0.600. The summed E-state index contributed by atoms with van der Waals surface area (Å²) in [5, 5.41) is 16.2. The number of likely N-dealkylation sites (tertiary alicyclic amines) is 1. The summed E-state index contributed by atoms with van der Waals surface area (Å²) in [6, 6.07) is 1.62. The Labute approximate surface area is 93.9 Å². The number of nitrogens with zero attached hydrogens (tertiary/aromatic N) is 3. The van der Waals surface area contributed by atoms with Crippen LogP contribution in [0.15, 0.2) is 12.3 Å². The first kappa shape index (κ1) is 10.9. The molecule has 0 bridgehead atoms. The van der Waals surface area contributed by atoms with Crippen LogP contribution in [0.1, 0.15) is 13.3 Å². The van der Waals surface area contributed by atoms with Crippen molar-refractivity contribution in [2.75, 3.05) is 11.9 Å². The number of aromatic nitrogens is 2. The topological polar surface area (TPSA) is 70.4 Å². The number of aryl methyl sites for hydroxylation is 1. The summed E-state index contributed by atoms with van der Waals surface area (Å²) in [5.74, 6) is 0.651. The quantitative estimate of drug-likeness (QED) is 0.725. The Balaban J connectivity index is 2.01. The Morgan fingerprint density at radius 1 is 1.69 bits per heavy atom. The van der Waals surface area contributed by atoms with Crippen molar-refractivity contribution in [3.05, 3.63) is 12.3 Å². The van der Waals surface area contributed by atoms with E-state index < -0.39 is 6.10 Å². The first-order valence-corrected chi connectivity index (χ1v) is 5.31. The highest BCUT2D eigenvalue weighted by atomic mass is 16.3. The van der Waals surface area contributed by atoms with Crippen LogP contribution in [-0.2, 0) is 7.05 Å². The number of aliphatic hydroxyl groups excluding tert-OH is 1. The van der Waals surface area contributed by atoms with E-state index in [4.69, 9.17) is 0 Å². The van der Waals surface area contributed by atoms with Crippen LogP contribution in [0.2, 0.25) is 0 Å². The number of aliphatic hydroxyl groups is 1. The van der Waals surface area contributed by atoms with E-state index in [2.05, 4.69) is 10.4 Å². The zero-order chi connectivity index (χ0) is 11.7. The molecule has 16 heavy (non-hydrogen) atoms. The number of hydrogen-bond donors (Lipinski definition) is 2. The van der Waals surface area contributed by atoms with Crippen LogP contribution in [0.4, 0.5) is 10.6 Å². The summed E-state index contributed by atoms with van der Waals surface area (Å²) >= 11 is 0. The van der Waals surface area contributed by atoms with Gasteiger partial charge in [-0.25, -0.2) is 4.79 Å². The van der Waals surface area contributed by atoms with Gasteiger partial charge in [-0.1, -0.05) is 0 Å². The molecule has 2 heterocycles. The molecule has 1 aromatic heterocycles. The number of urea groups is 1. The van der Waals surface area contributed by atoms with E-state index in [-0.39, 0.29) is 12.1 Å². The lowest BCUT2D eigenvalue weighted by Gasteiger charge is -2.21. The van der Waals surface area contributed by atoms with Gasteiger partial charge in [0, 0.05) is 25.7 Å². The average molecular weight is 224 g/mol. The van der Waals surface area contributed by atoms with Crippen LogP contribution in [0, 0.1) is 0 Å². The molecule has 2 rings (SSSR count). The van der Waals surface area contributed by atoms with Gasteiger partial charge in [-0.2, -0.15) is 5.10 Å². The number of amides is 2. The minimum Gasteiger partial charge on any atom is -0.391 e. The Bertz CT molecular complexity index is 390. The molecule has 2 atom stereocenters. The monoisotopic (exact) mass is 224 g/mol. The SMILES string of the molecule is CC1CC(O)CN1C(=O)Nc1ccnn1C. The van der Waals surface area contributed by atoms with Crippen LogP contribution in [0.5, 0.6) is 0 Å². The molecule has 88 valence electrons. The maximum atomic E-state index is 11.9. The van der Waals surface area contributed by atoms with Gasteiger partial charge in [-0.05, 0) is 13.3 Å². The van der Waals surface area contributed by atoms with Gasteiger partial charge in [0.25, 0.3) is 0 Å². The maximum absolute atomic E-state index is 11.9. The van der Waals surface area contributed by atoms with Crippen LogP contribution in [0.25, 0.3) is 0 Å². The molecule has 1 aliphatic heterocycles. The van der Waals surface area contributed by atoms with Crippen LogP contribution < -0.4 is 5.32 Å². The first-order valence-electron chi connectivity index (χ1n) is 5.31. The molecule has 0 aliphatic carbocycles. The van der Waals surface area contributed by atoms with E-state index in [1.807, 2.05) is 6.92 Å². The van der Waals surface area contributed by atoms with E-state index in [9.17, 15) is 9.90 Å². The van der Waals surface area contributed by atoms with E-state index in [1.165, 1.54) is 0 Å². The maximum Gasteiger partial charge on any atom is 0.323 e. The standard InChI is InChI=1S/C10H16N4O2/c1-7-5-8(15)6-14(7)10(16)12-9-3-4-11-13(9)2/h3-4,7-8,15H,5-6H2,1-2H3,(H,12,16). The molecular formula is C10H16N4O2. The van der Waals surface area contributed by atoms with E-state index in [1.54, 1.807) is 28.9 Å². The summed E-state index contributed by atoms with van der Waals surface area (Å²) in [5.41, 5.74) is 0. The summed E-state index contributed by atoms with van der Waals surface area (Å²) in [7, 11) is 1.76. The van der Waals surface area contributed by atoms with Gasteiger partial charge in [0.2, 0.25) is 0 Å². The lowest BCUT2D eigenvalue weighted by Crippen LogP contribution is -2.38. The van der Waals surface area contributed by atoms with Gasteiger partial charge in [0.05, 0.1) is 12.3 Å². The molecule has 1 aliphatic rings. The lowest BCUT2D eigenvalue weighted by molar-refractivity contribution is 0.176. The number of carbonyl (C=O) groups excluding carboxylic acids is 1. The molecule has 0 aromatic carbocycles. The third-order valence-electron chi connectivity index (χ3n) is 2.87. The van der Waals surface area contributed by atoms with Crippen molar-refractivity contribution in [2.45, 2.75) is 25.5 Å². The van der Waals surface area contributed by atoms with Gasteiger partial charge in [0.1, 0.15) is 5.82 Å². The van der Waals surface area contributed by atoms with Crippen molar-refractivity contribution in [2.24, 2.45) is 7.05 Å². The van der Waals surface area contributed by atoms with Crippen LogP contribution >= 0.6 is 0 Å². The highest BCUT2D eigenvalue weighted by Crippen LogP contribution is 2.18. The molecular weight excluding hydrogens is 208 g/mol. The molecule has 2 amide bonds. The zero-order valence-corrected chi connectivity index (χ0v) is 9.42. The number of hydrogen-bond acceptors (Lipinski definition) is 3. The highest BCUT2D eigenvalue weighted by Gasteiger charge is 2.31. The average Bonchev–Trinajstić information content (AvgIpc) is 2.74. The number of carbonyl (C=O) groups is 1. The Hall–Kier alpha value is -1.56. The van der Waals surface area contributed by atoms with Gasteiger partial charge < -0.3 is 10.0 Å². The molecule has 2 unspecified atom stereocenters. The molecule has 6 nitrogen and oxygen atoms in total. The number of β-amino-alcohol motifs (C(OH)–C–C–N with tert-alkyl or cyclic N) is 1. The summed E-state index contributed by atoms with van der Waals surface area (Å²) in [4.78, 5) is 13.5. The molecule has 2 N–H and O–H groups in total. The summed E-state index contributed by atoms with van der Waals surface area (Å²) in [6.45, 7) is 2.32. The Kier molecular flexibility index (Phi) is 2.82. The van der Waals surface area contributed by atoms with Crippen molar-refractivity contribution in [3.63, 3.8) is 0 Å². The number of nitrogens with one attached hydrogen (secondary N) is 1. The van der Waals surface area contributed by atoms with Crippen molar-refractivity contribution < 1.29 is 9.90 Å². The molecule has 1 aromatic rings. The van der Waals surface area contributed by atoms with Crippen molar-refractivity contribution in [1.82, 2.24) is 14.7 Å². The minimum atomic E-state index is -0.410. The molecule has 0 saturated carbocycles. The summed E-state index contributed by atoms with van der Waals surface area (Å²) in [6.07, 6.45) is 1.85. The first-order chi connectivity index (χ1) is 7.58. The number of rotatable bonds is 1. The molecule has 1 saturated heterocycles. The van der Waals surface area contributed by atoms with Gasteiger partial charge in [-0.3, -0.25) is 10.00 Å². The van der Waals surface area contributed by atoms with Crippen LogP contribution in [0.3, 0.4) is 0 Å². The third kappa shape index (κ3) is 2.01. The van der Waals surface area contributed by atoms with E-state index in [0.717, 1.165) is 0 Å². The normalized spacial score (nSPS) is 24.8. The third-order valence-corrected chi connectivity index (χ3v) is 2.87. The smallest absolute Gasteiger partial charge is 0.323 e. The molecule has 0 spiro atoms. The fourth-order valence-electron chi connectivity index (χ4n) is 1.96. The van der Waals surface area contributed by atoms with Crippen molar-refractivity contribution in [1.29, 1.82) is 0 Å². The Morgan fingerprint density at radius 3 is 2.94 bits per heavy atom. The number of anilines is 1. The molecule has 6 heteroatoms. The second-order valence-electron chi connectivity index (χ2n) is 4.16. The van der Waals surface area contributed by atoms with Crippen LogP contribution in [-0.4, -0.2) is 44.5 Å². The summed E-state index contributed by atoms with van der Waals surface area (Å²) < 4.78 is 1.59. The largest absolute Gasteiger partial charge is 0.391 e. The molecule has 1 fully saturated rings. The lowest BCUT2D eigenvalue weighted by atomic mass is 10.2. The van der Waals surface area contributed by atoms with Crippen molar-refractivity contribution >= 4 is 11.8 Å². The fourth-order valence-corrected chi connectivity index (χ4v) is 1.96. The predicted molar refractivity (Wildman–Crippen MR) is 59.0 cm³/mol. The second-order valence-corrected chi connectivity index (χ2v) is 4.16. The van der Waals surface area contributed by atoms with E-state index >= 15 is 0 Å². The van der Waals surface area contributed by atoms with Gasteiger partial charge >= 0.3 is 6.03 Å². The van der Waals surface area contributed by atoms with Gasteiger partial charge in [0.15, 0.2) is 0 Å². The predicted octanol–water partition coefficient (Wildman–Crippen LogP) is 0.407. The molecule has 0 radical (unpaired) electrons. The minimum absolute atomic E-state index is 0.0724. The zero-order valence-electron chi connectivity index (χ0n) is 9.42. The highest BCUT2D eigenvalue weighted by molar-refractivity contribution is 5.88.